The molecule has 23 heavy (non-hydrogen) atoms. The molecule has 9 heteroatoms. The zero-order valence-corrected chi connectivity index (χ0v) is 15.0. The molecule has 0 bridgehead atoms. The molecule has 4 N–H and O–H groups in total. The van der Waals surface area contributed by atoms with Gasteiger partial charge in [-0.1, -0.05) is 41.4 Å². The summed E-state index contributed by atoms with van der Waals surface area (Å²) >= 11 is 11.8. The van der Waals surface area contributed by atoms with E-state index < -0.39 is 5.66 Å². The molecular weight excluding hydrogens is 361 g/mol. The minimum Gasteiger partial charge on any atom is -0.368 e. The molecule has 1 aromatic carbocycles. The third kappa shape index (κ3) is 5.00. The van der Waals surface area contributed by atoms with Crippen LogP contribution in [0.3, 0.4) is 0 Å². The largest absolute Gasteiger partial charge is 0.368 e. The Bertz CT molecular complexity index is 658. The van der Waals surface area contributed by atoms with E-state index in [4.69, 9.17) is 39.5 Å². The highest BCUT2D eigenvalue weighted by molar-refractivity contribution is 6.42. The first-order chi connectivity index (χ1) is 10.3. The van der Waals surface area contributed by atoms with Crippen molar-refractivity contribution in [1.29, 1.82) is 0 Å². The zero-order chi connectivity index (χ0) is 16.3. The van der Waals surface area contributed by atoms with Crippen molar-refractivity contribution in [2.45, 2.75) is 19.5 Å². The van der Waals surface area contributed by atoms with Crippen LogP contribution in [0.2, 0.25) is 10.0 Å². The Morgan fingerprint density at radius 2 is 1.96 bits per heavy atom. The number of guanidine groups is 2. The molecule has 6 nitrogen and oxygen atoms in total. The Hall–Kier alpha value is -1.47. The molecule has 0 saturated carbocycles. The van der Waals surface area contributed by atoms with E-state index in [1.54, 1.807) is 12.1 Å². The van der Waals surface area contributed by atoms with E-state index in [1.807, 2.05) is 32.1 Å². The van der Waals surface area contributed by atoms with Crippen molar-refractivity contribution in [3.63, 3.8) is 0 Å². The molecule has 0 aromatic heterocycles. The Labute approximate surface area is 151 Å². The van der Waals surface area contributed by atoms with Crippen LogP contribution in [-0.2, 0) is 4.84 Å². The number of nitrogens with zero attached hydrogens (tertiary/aromatic N) is 3. The first-order valence-corrected chi connectivity index (χ1v) is 7.29. The third-order valence-electron chi connectivity index (χ3n) is 2.88. The predicted octanol–water partition coefficient (Wildman–Crippen LogP) is 3.04. The molecule has 1 aliphatic heterocycles. The van der Waals surface area contributed by atoms with Gasteiger partial charge in [-0.15, -0.1) is 12.4 Å². The van der Waals surface area contributed by atoms with Gasteiger partial charge in [-0.05, 0) is 31.5 Å². The number of hydrogen-bond donors (Lipinski definition) is 2. The summed E-state index contributed by atoms with van der Waals surface area (Å²) in [6, 6.07) is 5.36. The predicted molar refractivity (Wildman–Crippen MR) is 97.9 cm³/mol. The average molecular weight is 379 g/mol. The molecule has 0 atom stereocenters. The Balaban J connectivity index is 0.00000264. The maximum atomic E-state index is 5.95. The van der Waals surface area contributed by atoms with Crippen LogP contribution < -0.4 is 11.5 Å². The van der Waals surface area contributed by atoms with Crippen LogP contribution >= 0.6 is 35.6 Å². The molecule has 0 radical (unpaired) electrons. The number of hydrogen-bond acceptors (Lipinski definition) is 6. The standard InChI is InChI=1S/C14H17Cl2N5O.ClH/c1-14(2)20-12(17)19-13(18)21(14)22-7-3-4-9-5-6-10(15)11(16)8-9;/h3-6,8H,7H2,1-2H3,(H4,17,18,19,20);1H/b4-3+;. The van der Waals surface area contributed by atoms with Crippen molar-refractivity contribution in [2.75, 3.05) is 6.61 Å². The van der Waals surface area contributed by atoms with Crippen molar-refractivity contribution in [2.24, 2.45) is 21.5 Å². The van der Waals surface area contributed by atoms with Gasteiger partial charge in [0.2, 0.25) is 11.9 Å². The van der Waals surface area contributed by atoms with E-state index in [0.29, 0.717) is 10.0 Å². The van der Waals surface area contributed by atoms with Crippen molar-refractivity contribution >= 4 is 53.6 Å². The summed E-state index contributed by atoms with van der Waals surface area (Å²) in [6.07, 6.45) is 3.69. The van der Waals surface area contributed by atoms with E-state index in [9.17, 15) is 0 Å². The number of nitrogens with two attached hydrogens (primary N) is 2. The quantitative estimate of drug-likeness (QED) is 0.842. The average Bonchev–Trinajstić information content (AvgIpc) is 2.40. The van der Waals surface area contributed by atoms with E-state index in [-0.39, 0.29) is 30.9 Å². The van der Waals surface area contributed by atoms with Crippen LogP contribution in [0.15, 0.2) is 34.3 Å². The minimum absolute atomic E-state index is 0. The van der Waals surface area contributed by atoms with Crippen molar-refractivity contribution in [3.05, 3.63) is 39.9 Å². The Morgan fingerprint density at radius 1 is 1.26 bits per heavy atom. The monoisotopic (exact) mass is 377 g/mol. The lowest BCUT2D eigenvalue weighted by molar-refractivity contribution is -0.146. The van der Waals surface area contributed by atoms with E-state index in [0.717, 1.165) is 5.56 Å². The second kappa shape index (κ2) is 7.88. The SMILES string of the molecule is CC1(C)N=C(N)N=C(N)N1OC/C=C/c1ccc(Cl)c(Cl)c1.Cl. The van der Waals surface area contributed by atoms with Gasteiger partial charge in [0.05, 0.1) is 16.7 Å². The highest BCUT2D eigenvalue weighted by Crippen LogP contribution is 2.23. The van der Waals surface area contributed by atoms with Gasteiger partial charge in [-0.2, -0.15) is 10.1 Å². The fourth-order valence-corrected chi connectivity index (χ4v) is 2.24. The minimum atomic E-state index is -0.715. The Morgan fingerprint density at radius 3 is 2.57 bits per heavy atom. The number of hydroxylamine groups is 2. The second-order valence-electron chi connectivity index (χ2n) is 5.10. The Kier molecular flexibility index (Phi) is 6.70. The molecule has 1 aliphatic rings. The second-order valence-corrected chi connectivity index (χ2v) is 5.91. The van der Waals surface area contributed by atoms with Crippen molar-refractivity contribution < 1.29 is 4.84 Å². The molecule has 0 amide bonds. The van der Waals surface area contributed by atoms with Crippen LogP contribution in [-0.4, -0.2) is 29.3 Å². The zero-order valence-electron chi connectivity index (χ0n) is 12.7. The molecule has 126 valence electrons. The lowest BCUT2D eigenvalue weighted by Crippen LogP contribution is -2.53. The third-order valence-corrected chi connectivity index (χ3v) is 3.62. The smallest absolute Gasteiger partial charge is 0.226 e. The molecule has 2 rings (SSSR count). The molecular formula is C14H18Cl3N5O. The fourth-order valence-electron chi connectivity index (χ4n) is 1.94. The van der Waals surface area contributed by atoms with E-state index >= 15 is 0 Å². The van der Waals surface area contributed by atoms with Crippen LogP contribution in [0.4, 0.5) is 0 Å². The highest BCUT2D eigenvalue weighted by atomic mass is 35.5. The lowest BCUT2D eigenvalue weighted by atomic mass is 10.2. The van der Waals surface area contributed by atoms with Crippen molar-refractivity contribution in [3.8, 4) is 0 Å². The fraction of sp³-hybridized carbons (Fsp3) is 0.286. The molecule has 0 spiro atoms. The maximum absolute atomic E-state index is 5.95. The summed E-state index contributed by atoms with van der Waals surface area (Å²) in [5.74, 6) is 0.300. The number of benzene rings is 1. The van der Waals surface area contributed by atoms with E-state index in [2.05, 4.69) is 9.98 Å². The number of aliphatic imine (C=N–C) groups is 2. The molecule has 0 fully saturated rings. The lowest BCUT2D eigenvalue weighted by Gasteiger charge is -2.36. The van der Waals surface area contributed by atoms with Crippen LogP contribution in [0, 0.1) is 0 Å². The van der Waals surface area contributed by atoms with Gasteiger partial charge in [0.1, 0.15) is 0 Å². The normalized spacial score (nSPS) is 16.8. The molecule has 0 unspecified atom stereocenters. The van der Waals surface area contributed by atoms with Gasteiger partial charge in [0, 0.05) is 0 Å². The number of halogens is 3. The topological polar surface area (TPSA) is 89.2 Å². The maximum Gasteiger partial charge on any atom is 0.226 e. The van der Waals surface area contributed by atoms with Gasteiger partial charge < -0.3 is 11.5 Å². The molecule has 1 aromatic rings. The summed E-state index contributed by atoms with van der Waals surface area (Å²) in [7, 11) is 0. The van der Waals surface area contributed by atoms with Gasteiger partial charge in [0.15, 0.2) is 5.66 Å². The van der Waals surface area contributed by atoms with Crippen molar-refractivity contribution in [1.82, 2.24) is 5.06 Å². The summed E-state index contributed by atoms with van der Waals surface area (Å²) in [5.41, 5.74) is 11.6. The van der Waals surface area contributed by atoms with Crippen LogP contribution in [0.1, 0.15) is 19.4 Å². The van der Waals surface area contributed by atoms with Gasteiger partial charge in [-0.3, -0.25) is 4.84 Å². The summed E-state index contributed by atoms with van der Waals surface area (Å²) in [4.78, 5) is 13.7. The first-order valence-electron chi connectivity index (χ1n) is 6.54. The summed E-state index contributed by atoms with van der Waals surface area (Å²) in [5, 5.41) is 2.44. The van der Waals surface area contributed by atoms with Crippen LogP contribution in [0.5, 0.6) is 0 Å². The van der Waals surface area contributed by atoms with Crippen LogP contribution in [0.25, 0.3) is 6.08 Å². The molecule has 0 aliphatic carbocycles. The molecule has 0 saturated heterocycles. The van der Waals surface area contributed by atoms with Gasteiger partial charge in [-0.25, -0.2) is 4.99 Å². The van der Waals surface area contributed by atoms with Gasteiger partial charge >= 0.3 is 0 Å². The summed E-state index contributed by atoms with van der Waals surface area (Å²) in [6.45, 7) is 3.93. The highest BCUT2D eigenvalue weighted by Gasteiger charge is 2.32. The first kappa shape index (κ1) is 19.6. The molecule has 1 heterocycles. The summed E-state index contributed by atoms with van der Waals surface area (Å²) < 4.78 is 0. The number of rotatable bonds is 4. The van der Waals surface area contributed by atoms with Gasteiger partial charge in [0.25, 0.3) is 0 Å². The van der Waals surface area contributed by atoms with E-state index in [1.165, 1.54) is 5.06 Å².